The predicted molar refractivity (Wildman–Crippen MR) is 125 cm³/mol. The molecule has 0 bridgehead atoms. The van der Waals surface area contributed by atoms with Gasteiger partial charge in [0, 0.05) is 5.69 Å². The Morgan fingerprint density at radius 1 is 0.889 bits per heavy atom. The predicted octanol–water partition coefficient (Wildman–Crippen LogP) is 3.24. The van der Waals surface area contributed by atoms with Crippen molar-refractivity contribution in [2.24, 2.45) is 0 Å². The lowest BCUT2D eigenvalue weighted by Gasteiger charge is -2.10. The maximum Gasteiger partial charge on any atom is 0.338 e. The van der Waals surface area contributed by atoms with Crippen LogP contribution in [-0.2, 0) is 25.6 Å². The molecule has 0 saturated carbocycles. The van der Waals surface area contributed by atoms with Gasteiger partial charge in [0.1, 0.15) is 18.1 Å². The van der Waals surface area contributed by atoms with Gasteiger partial charge in [-0.05, 0) is 50.2 Å². The molecule has 3 aromatic rings. The van der Waals surface area contributed by atoms with Crippen LogP contribution >= 0.6 is 0 Å². The molecule has 0 radical (unpaired) electrons. The van der Waals surface area contributed by atoms with Crippen molar-refractivity contribution in [3.63, 3.8) is 0 Å². The number of nitrogens with zero attached hydrogens (tertiary/aromatic N) is 1. The number of rotatable bonds is 9. The summed E-state index contributed by atoms with van der Waals surface area (Å²) in [5.41, 5.74) is 1.88. The fourth-order valence-electron chi connectivity index (χ4n) is 3.16. The number of anilines is 1. The van der Waals surface area contributed by atoms with Crippen molar-refractivity contribution in [3.8, 4) is 5.75 Å². The first kappa shape index (κ1) is 25.9. The largest absolute Gasteiger partial charge is 0.489 e. The molecule has 188 valence electrons. The standard InChI is InChI=1S/C25H24N2O9/c1-14-21(15(2)36-27-14)12-34-20-7-5-6-16(11-20)25(31)35-13-22(28)26-19-9-17(23(29)32-3)8-18(10-19)24(30)33-4/h5-11H,12-13H2,1-4H3,(H,26,28). The molecule has 1 amide bonds. The van der Waals surface area contributed by atoms with Crippen molar-refractivity contribution < 1.29 is 42.6 Å². The molecule has 3 rings (SSSR count). The Labute approximate surface area is 206 Å². The summed E-state index contributed by atoms with van der Waals surface area (Å²) in [6, 6.07) is 10.2. The van der Waals surface area contributed by atoms with Gasteiger partial charge in [0.15, 0.2) is 6.61 Å². The zero-order valence-electron chi connectivity index (χ0n) is 20.1. The Hall–Kier alpha value is -4.67. The molecule has 1 heterocycles. The summed E-state index contributed by atoms with van der Waals surface area (Å²) in [7, 11) is 2.36. The average molecular weight is 496 g/mol. The van der Waals surface area contributed by atoms with Crippen LogP contribution in [0.4, 0.5) is 5.69 Å². The minimum absolute atomic E-state index is 0.0288. The van der Waals surface area contributed by atoms with Crippen LogP contribution in [0.5, 0.6) is 5.75 Å². The second kappa shape index (κ2) is 11.6. The number of aryl methyl sites for hydroxylation is 2. The van der Waals surface area contributed by atoms with E-state index in [0.29, 0.717) is 17.2 Å². The van der Waals surface area contributed by atoms with Gasteiger partial charge in [-0.3, -0.25) is 4.79 Å². The van der Waals surface area contributed by atoms with E-state index in [1.807, 2.05) is 0 Å². The summed E-state index contributed by atoms with van der Waals surface area (Å²) >= 11 is 0. The van der Waals surface area contributed by atoms with E-state index in [2.05, 4.69) is 19.9 Å². The van der Waals surface area contributed by atoms with Crippen molar-refractivity contribution in [1.29, 1.82) is 0 Å². The Bertz CT molecular complexity index is 1240. The second-order valence-electron chi connectivity index (χ2n) is 7.53. The van der Waals surface area contributed by atoms with Crippen LogP contribution in [0.2, 0.25) is 0 Å². The Balaban J connectivity index is 1.61. The fourth-order valence-corrected chi connectivity index (χ4v) is 3.16. The monoisotopic (exact) mass is 496 g/mol. The summed E-state index contributed by atoms with van der Waals surface area (Å²) in [5.74, 6) is -1.79. The maximum atomic E-state index is 12.5. The van der Waals surface area contributed by atoms with Crippen LogP contribution in [0.1, 0.15) is 48.1 Å². The van der Waals surface area contributed by atoms with Gasteiger partial charge in [-0.15, -0.1) is 0 Å². The topological polar surface area (TPSA) is 143 Å². The van der Waals surface area contributed by atoms with Crippen molar-refractivity contribution >= 4 is 29.5 Å². The SMILES string of the molecule is COC(=O)c1cc(NC(=O)COC(=O)c2cccc(OCc3c(C)noc3C)c2)cc(C(=O)OC)c1. The van der Waals surface area contributed by atoms with Gasteiger partial charge < -0.3 is 28.8 Å². The van der Waals surface area contributed by atoms with E-state index in [0.717, 1.165) is 5.56 Å². The zero-order chi connectivity index (χ0) is 26.2. The molecule has 11 nitrogen and oxygen atoms in total. The Morgan fingerprint density at radius 2 is 1.56 bits per heavy atom. The van der Waals surface area contributed by atoms with Crippen molar-refractivity contribution in [3.05, 3.63) is 76.2 Å². The highest BCUT2D eigenvalue weighted by Crippen LogP contribution is 2.20. The maximum absolute atomic E-state index is 12.5. The average Bonchev–Trinajstić information content (AvgIpc) is 3.21. The molecule has 1 N–H and O–H groups in total. The lowest BCUT2D eigenvalue weighted by molar-refractivity contribution is -0.119. The first-order valence-electron chi connectivity index (χ1n) is 10.6. The fraction of sp³-hybridized carbons (Fsp3) is 0.240. The highest BCUT2D eigenvalue weighted by molar-refractivity contribution is 6.00. The molecular weight excluding hydrogens is 472 g/mol. The van der Waals surface area contributed by atoms with Gasteiger partial charge >= 0.3 is 17.9 Å². The van der Waals surface area contributed by atoms with Crippen LogP contribution in [0.25, 0.3) is 0 Å². The lowest BCUT2D eigenvalue weighted by Crippen LogP contribution is -2.21. The molecule has 0 fully saturated rings. The molecule has 36 heavy (non-hydrogen) atoms. The Kier molecular flexibility index (Phi) is 8.39. The van der Waals surface area contributed by atoms with Crippen molar-refractivity contribution in [2.75, 3.05) is 26.1 Å². The first-order chi connectivity index (χ1) is 17.2. The third kappa shape index (κ3) is 6.47. The highest BCUT2D eigenvalue weighted by Gasteiger charge is 2.17. The van der Waals surface area contributed by atoms with Crippen molar-refractivity contribution in [1.82, 2.24) is 5.16 Å². The summed E-state index contributed by atoms with van der Waals surface area (Å²) in [5, 5.41) is 6.34. The number of esters is 3. The molecule has 0 saturated heterocycles. The van der Waals surface area contributed by atoms with E-state index in [1.54, 1.807) is 26.0 Å². The molecule has 2 aromatic carbocycles. The van der Waals surface area contributed by atoms with Crippen LogP contribution in [0, 0.1) is 13.8 Å². The van der Waals surface area contributed by atoms with E-state index in [4.69, 9.17) is 14.0 Å². The smallest absolute Gasteiger partial charge is 0.338 e. The molecular formula is C25H24N2O9. The number of methoxy groups -OCH3 is 2. The zero-order valence-corrected chi connectivity index (χ0v) is 20.1. The number of hydrogen-bond acceptors (Lipinski definition) is 10. The van der Waals surface area contributed by atoms with E-state index in [-0.39, 0.29) is 29.0 Å². The summed E-state index contributed by atoms with van der Waals surface area (Å²) < 4.78 is 25.2. The third-order valence-electron chi connectivity index (χ3n) is 5.03. The first-order valence-corrected chi connectivity index (χ1v) is 10.6. The number of nitrogens with one attached hydrogen (secondary N) is 1. The van der Waals surface area contributed by atoms with Crippen LogP contribution in [-0.4, -0.2) is 49.8 Å². The lowest BCUT2D eigenvalue weighted by atomic mass is 10.1. The molecule has 0 aliphatic heterocycles. The van der Waals surface area contributed by atoms with Crippen LogP contribution < -0.4 is 10.1 Å². The number of benzene rings is 2. The number of carbonyl (C=O) groups excluding carboxylic acids is 4. The van der Waals surface area contributed by atoms with Gasteiger partial charge in [-0.2, -0.15) is 0 Å². The van der Waals surface area contributed by atoms with Crippen LogP contribution in [0.15, 0.2) is 47.0 Å². The van der Waals surface area contributed by atoms with Crippen molar-refractivity contribution in [2.45, 2.75) is 20.5 Å². The van der Waals surface area contributed by atoms with Gasteiger partial charge in [-0.25, -0.2) is 14.4 Å². The summed E-state index contributed by atoms with van der Waals surface area (Å²) in [6.07, 6.45) is 0. The van der Waals surface area contributed by atoms with Gasteiger partial charge in [0.05, 0.1) is 42.2 Å². The quantitative estimate of drug-likeness (QED) is 0.346. The Morgan fingerprint density at radius 3 is 2.14 bits per heavy atom. The normalized spacial score (nSPS) is 10.3. The molecule has 0 spiro atoms. The van der Waals surface area contributed by atoms with Gasteiger partial charge in [-0.1, -0.05) is 11.2 Å². The van der Waals surface area contributed by atoms with Gasteiger partial charge in [0.25, 0.3) is 5.91 Å². The molecule has 0 atom stereocenters. The molecule has 0 aliphatic carbocycles. The molecule has 0 aliphatic rings. The number of amides is 1. The third-order valence-corrected chi connectivity index (χ3v) is 5.03. The van der Waals surface area contributed by atoms with Crippen LogP contribution in [0.3, 0.4) is 0 Å². The number of carbonyl (C=O) groups is 4. The minimum atomic E-state index is -0.744. The van der Waals surface area contributed by atoms with Gasteiger partial charge in [0.2, 0.25) is 0 Å². The van der Waals surface area contributed by atoms with E-state index < -0.39 is 30.4 Å². The number of aromatic nitrogens is 1. The number of hydrogen-bond donors (Lipinski definition) is 1. The van der Waals surface area contributed by atoms with E-state index >= 15 is 0 Å². The second-order valence-corrected chi connectivity index (χ2v) is 7.53. The van der Waals surface area contributed by atoms with E-state index in [9.17, 15) is 19.2 Å². The summed E-state index contributed by atoms with van der Waals surface area (Å²) in [4.78, 5) is 48.6. The molecule has 11 heteroatoms. The summed E-state index contributed by atoms with van der Waals surface area (Å²) in [6.45, 7) is 3.18. The highest BCUT2D eigenvalue weighted by atomic mass is 16.5. The van der Waals surface area contributed by atoms with E-state index in [1.165, 1.54) is 44.6 Å². The molecule has 1 aromatic heterocycles. The number of ether oxygens (including phenoxy) is 4. The molecule has 0 unspecified atom stereocenters. The minimum Gasteiger partial charge on any atom is -0.489 e.